The van der Waals surface area contributed by atoms with Crippen molar-refractivity contribution in [2.75, 3.05) is 6.54 Å². The number of rotatable bonds is 6. The molecule has 1 heterocycles. The van der Waals surface area contributed by atoms with E-state index in [1.165, 1.54) is 6.42 Å². The van der Waals surface area contributed by atoms with Crippen molar-refractivity contribution in [2.45, 2.75) is 51.0 Å². The number of aromatic nitrogens is 1. The molecule has 1 saturated carbocycles. The van der Waals surface area contributed by atoms with Crippen LogP contribution in [0.3, 0.4) is 0 Å². The Morgan fingerprint density at radius 2 is 1.92 bits per heavy atom. The van der Waals surface area contributed by atoms with E-state index in [0.717, 1.165) is 30.2 Å². The first-order chi connectivity index (χ1) is 12.5. The molecule has 4 amide bonds. The van der Waals surface area contributed by atoms with E-state index in [2.05, 4.69) is 37.4 Å². The highest BCUT2D eigenvalue weighted by Crippen LogP contribution is 2.17. The van der Waals surface area contributed by atoms with E-state index in [4.69, 9.17) is 0 Å². The maximum Gasteiger partial charge on any atom is 0.315 e. The van der Waals surface area contributed by atoms with E-state index in [1.54, 1.807) is 23.9 Å². The molecule has 4 N–H and O–H groups in total. The molecule has 8 nitrogen and oxygen atoms in total. The van der Waals surface area contributed by atoms with E-state index < -0.39 is 5.91 Å². The Bertz CT molecular complexity index is 640. The number of nitrogens with one attached hydrogen (secondary N) is 4. The van der Waals surface area contributed by atoms with Crippen molar-refractivity contribution in [3.05, 3.63) is 22.4 Å². The number of amides is 4. The summed E-state index contributed by atoms with van der Waals surface area (Å²) in [5.74, 6) is -0.697. The molecule has 0 spiro atoms. The van der Waals surface area contributed by atoms with Gasteiger partial charge >= 0.3 is 6.03 Å². The Morgan fingerprint density at radius 1 is 1.19 bits per heavy atom. The minimum atomic E-state index is -0.392. The lowest BCUT2D eigenvalue weighted by Crippen LogP contribution is -2.44. The third-order valence-corrected chi connectivity index (χ3v) is 4.76. The molecular formula is C17H26BrN5O3. The fourth-order valence-electron chi connectivity index (χ4n) is 2.94. The quantitative estimate of drug-likeness (QED) is 0.411. The van der Waals surface area contributed by atoms with Crippen molar-refractivity contribution in [1.29, 1.82) is 0 Å². The van der Waals surface area contributed by atoms with Gasteiger partial charge in [0.05, 0.1) is 0 Å². The summed E-state index contributed by atoms with van der Waals surface area (Å²) < 4.78 is 2.44. The maximum atomic E-state index is 12.0. The molecule has 0 atom stereocenters. The Morgan fingerprint density at radius 3 is 2.58 bits per heavy atom. The predicted molar refractivity (Wildman–Crippen MR) is 101 cm³/mol. The smallest absolute Gasteiger partial charge is 0.315 e. The molecule has 0 aliphatic heterocycles. The number of hydrogen-bond acceptors (Lipinski definition) is 3. The molecule has 1 aliphatic rings. The van der Waals surface area contributed by atoms with Crippen LogP contribution in [0, 0.1) is 0 Å². The van der Waals surface area contributed by atoms with Crippen molar-refractivity contribution in [3.8, 4) is 0 Å². The van der Waals surface area contributed by atoms with Crippen LogP contribution >= 0.6 is 15.9 Å². The van der Waals surface area contributed by atoms with Crippen LogP contribution in [0.1, 0.15) is 55.4 Å². The van der Waals surface area contributed by atoms with E-state index >= 15 is 0 Å². The molecule has 0 bridgehead atoms. The number of hydrogen-bond donors (Lipinski definition) is 4. The van der Waals surface area contributed by atoms with Crippen molar-refractivity contribution in [3.63, 3.8) is 0 Å². The van der Waals surface area contributed by atoms with Crippen LogP contribution in [0.15, 0.2) is 16.7 Å². The summed E-state index contributed by atoms with van der Waals surface area (Å²) >= 11 is 3.29. The topological polar surface area (TPSA) is 104 Å². The van der Waals surface area contributed by atoms with Crippen LogP contribution < -0.4 is 21.5 Å². The van der Waals surface area contributed by atoms with Crippen LogP contribution in [0.5, 0.6) is 0 Å². The first kappa shape index (κ1) is 20.3. The summed E-state index contributed by atoms with van der Waals surface area (Å²) in [7, 11) is 1.74. The molecule has 1 aliphatic carbocycles. The Hall–Kier alpha value is -2.03. The van der Waals surface area contributed by atoms with Crippen LogP contribution in [-0.2, 0) is 11.8 Å². The van der Waals surface area contributed by atoms with Gasteiger partial charge in [0.15, 0.2) is 0 Å². The standard InChI is InChI=1S/C17H26BrN5O3/c1-23-11-12(18)10-14(23)16(25)22-21-15(24)8-5-9-19-17(26)20-13-6-3-2-4-7-13/h10-11,13H,2-9H2,1H3,(H,21,24)(H,22,25)(H2,19,20,26). The van der Waals surface area contributed by atoms with Gasteiger partial charge in [-0.1, -0.05) is 19.3 Å². The Balaban J connectivity index is 1.56. The molecule has 0 radical (unpaired) electrons. The summed E-state index contributed by atoms with van der Waals surface area (Å²) in [6.45, 7) is 0.407. The van der Waals surface area contributed by atoms with Crippen LogP contribution in [-0.4, -0.2) is 35.0 Å². The summed E-state index contributed by atoms with van der Waals surface area (Å²) in [6, 6.07) is 1.75. The minimum Gasteiger partial charge on any atom is -0.345 e. The van der Waals surface area contributed by atoms with Gasteiger partial charge < -0.3 is 15.2 Å². The zero-order valence-corrected chi connectivity index (χ0v) is 16.5. The molecule has 2 rings (SSSR count). The minimum absolute atomic E-state index is 0.181. The predicted octanol–water partition coefficient (Wildman–Crippen LogP) is 1.96. The fourth-order valence-corrected chi connectivity index (χ4v) is 3.46. The number of halogens is 1. The highest BCUT2D eigenvalue weighted by Gasteiger charge is 2.15. The number of hydrazine groups is 1. The van der Waals surface area contributed by atoms with Crippen LogP contribution in [0.2, 0.25) is 0 Å². The lowest BCUT2D eigenvalue weighted by atomic mass is 9.96. The summed E-state index contributed by atoms with van der Waals surface area (Å²) in [6.07, 6.45) is 8.09. The number of nitrogens with zero attached hydrogens (tertiary/aromatic N) is 1. The lowest BCUT2D eigenvalue weighted by molar-refractivity contribution is -0.121. The highest BCUT2D eigenvalue weighted by atomic mass is 79.9. The van der Waals surface area contributed by atoms with Gasteiger partial charge in [-0.25, -0.2) is 4.79 Å². The van der Waals surface area contributed by atoms with Gasteiger partial charge in [0.2, 0.25) is 5.91 Å². The van der Waals surface area contributed by atoms with Gasteiger partial charge in [-0.05, 0) is 41.3 Å². The van der Waals surface area contributed by atoms with Gasteiger partial charge in [0.25, 0.3) is 5.91 Å². The van der Waals surface area contributed by atoms with E-state index in [0.29, 0.717) is 18.7 Å². The first-order valence-electron chi connectivity index (χ1n) is 8.91. The monoisotopic (exact) mass is 427 g/mol. The molecule has 1 aromatic heterocycles. The number of aryl methyl sites for hydroxylation is 1. The van der Waals surface area contributed by atoms with Crippen LogP contribution in [0.4, 0.5) is 4.79 Å². The Labute approximate surface area is 161 Å². The number of carbonyl (C=O) groups is 3. The average molecular weight is 428 g/mol. The number of carbonyl (C=O) groups excluding carboxylic acids is 3. The van der Waals surface area contributed by atoms with Gasteiger partial charge in [0, 0.05) is 36.7 Å². The third-order valence-electron chi connectivity index (χ3n) is 4.33. The van der Waals surface area contributed by atoms with E-state index in [-0.39, 0.29) is 24.4 Å². The van der Waals surface area contributed by atoms with Crippen molar-refractivity contribution < 1.29 is 14.4 Å². The average Bonchev–Trinajstić information content (AvgIpc) is 2.96. The lowest BCUT2D eigenvalue weighted by Gasteiger charge is -2.22. The van der Waals surface area contributed by atoms with Gasteiger partial charge in [0.1, 0.15) is 5.69 Å². The second-order valence-electron chi connectivity index (χ2n) is 6.50. The molecular weight excluding hydrogens is 402 g/mol. The molecule has 0 unspecified atom stereocenters. The molecule has 0 aromatic carbocycles. The van der Waals surface area contributed by atoms with Crippen molar-refractivity contribution in [2.24, 2.45) is 7.05 Å². The van der Waals surface area contributed by atoms with Crippen LogP contribution in [0.25, 0.3) is 0 Å². The van der Waals surface area contributed by atoms with Gasteiger partial charge in [-0.2, -0.15) is 0 Å². The van der Waals surface area contributed by atoms with Crippen molar-refractivity contribution in [1.82, 2.24) is 26.1 Å². The Kier molecular flexibility index (Phi) is 7.96. The first-order valence-corrected chi connectivity index (χ1v) is 9.70. The SMILES string of the molecule is Cn1cc(Br)cc1C(=O)NNC(=O)CCCNC(=O)NC1CCCCC1. The summed E-state index contributed by atoms with van der Waals surface area (Å²) in [5, 5.41) is 5.72. The second-order valence-corrected chi connectivity index (χ2v) is 7.41. The molecule has 1 aromatic rings. The van der Waals surface area contributed by atoms with Crippen molar-refractivity contribution >= 4 is 33.8 Å². The van der Waals surface area contributed by atoms with Gasteiger partial charge in [-0.15, -0.1) is 0 Å². The fraction of sp³-hybridized carbons (Fsp3) is 0.588. The van der Waals surface area contributed by atoms with E-state index in [1.807, 2.05) is 0 Å². The molecule has 9 heteroatoms. The number of urea groups is 1. The third kappa shape index (κ3) is 6.70. The largest absolute Gasteiger partial charge is 0.345 e. The highest BCUT2D eigenvalue weighted by molar-refractivity contribution is 9.10. The molecule has 144 valence electrons. The molecule has 1 fully saturated rings. The normalized spacial score (nSPS) is 14.5. The van der Waals surface area contributed by atoms with Gasteiger partial charge in [-0.3, -0.25) is 20.4 Å². The zero-order valence-electron chi connectivity index (χ0n) is 14.9. The summed E-state index contributed by atoms with van der Waals surface area (Å²) in [4.78, 5) is 35.5. The molecule has 26 heavy (non-hydrogen) atoms. The molecule has 0 saturated heterocycles. The van der Waals surface area contributed by atoms with E-state index in [9.17, 15) is 14.4 Å². The summed E-state index contributed by atoms with van der Waals surface area (Å²) in [5.41, 5.74) is 5.18. The second kappa shape index (κ2) is 10.2. The maximum absolute atomic E-state index is 12.0. The zero-order chi connectivity index (χ0) is 18.9.